The summed E-state index contributed by atoms with van der Waals surface area (Å²) in [6, 6.07) is 13.8. The van der Waals surface area contributed by atoms with Gasteiger partial charge in [0.25, 0.3) is 0 Å². The van der Waals surface area contributed by atoms with Crippen molar-refractivity contribution >= 4 is 38.9 Å². The van der Waals surface area contributed by atoms with Crippen molar-refractivity contribution in [2.75, 3.05) is 18.2 Å². The molecular weight excluding hydrogens is 352 g/mol. The summed E-state index contributed by atoms with van der Waals surface area (Å²) in [7, 11) is 0. The first-order valence-corrected chi connectivity index (χ1v) is 7.93. The zero-order chi connectivity index (χ0) is 14.4. The van der Waals surface area contributed by atoms with Crippen LogP contribution in [0.5, 0.6) is 5.75 Å². The first-order chi connectivity index (χ1) is 10.2. The Bertz CT molecular complexity index is 730. The molecule has 2 aliphatic heterocycles. The Hall–Kier alpha value is -1.52. The van der Waals surface area contributed by atoms with Crippen molar-refractivity contribution in [3.05, 3.63) is 57.5 Å². The van der Waals surface area contributed by atoms with E-state index >= 15 is 0 Å². The molecule has 0 aliphatic carbocycles. The van der Waals surface area contributed by atoms with Gasteiger partial charge in [0.2, 0.25) is 0 Å². The van der Waals surface area contributed by atoms with E-state index in [1.807, 2.05) is 41.4 Å². The van der Waals surface area contributed by atoms with Crippen LogP contribution >= 0.6 is 27.5 Å². The highest BCUT2D eigenvalue weighted by atomic mass is 79.9. The summed E-state index contributed by atoms with van der Waals surface area (Å²) in [6.45, 7) is 1.50. The van der Waals surface area contributed by atoms with Gasteiger partial charge >= 0.3 is 0 Å². The van der Waals surface area contributed by atoms with Crippen LogP contribution < -0.4 is 9.75 Å². The number of benzene rings is 2. The molecule has 2 aromatic rings. The van der Waals surface area contributed by atoms with E-state index in [0.717, 1.165) is 38.8 Å². The minimum Gasteiger partial charge on any atom is -0.491 e. The lowest BCUT2D eigenvalue weighted by Crippen LogP contribution is -2.29. The van der Waals surface area contributed by atoms with Gasteiger partial charge in [-0.1, -0.05) is 17.7 Å². The average Bonchev–Trinajstić information content (AvgIpc) is 2.93. The van der Waals surface area contributed by atoms with E-state index in [4.69, 9.17) is 21.4 Å². The number of rotatable bonds is 1. The SMILES string of the molecule is Clc1ccc(N2CC3COc4c(Br)cccc4C3=N2)cc1. The standard InChI is InChI=1S/C16H12BrClN2O/c17-14-3-1-2-13-15-10(9-21-16(13)14)8-20(19-15)12-6-4-11(18)5-7-12/h1-7,10H,8-9H2. The zero-order valence-electron chi connectivity index (χ0n) is 11.1. The summed E-state index contributed by atoms with van der Waals surface area (Å²) in [5.41, 5.74) is 3.24. The van der Waals surface area contributed by atoms with E-state index in [1.165, 1.54) is 0 Å². The minimum absolute atomic E-state index is 0.308. The summed E-state index contributed by atoms with van der Waals surface area (Å²) >= 11 is 9.48. The van der Waals surface area contributed by atoms with Gasteiger partial charge < -0.3 is 4.74 Å². The highest BCUT2D eigenvalue weighted by Crippen LogP contribution is 2.38. The molecular formula is C16H12BrClN2O. The summed E-state index contributed by atoms with van der Waals surface area (Å²) in [5, 5.41) is 7.56. The number of para-hydroxylation sites is 1. The normalized spacial score (nSPS) is 19.6. The van der Waals surface area contributed by atoms with E-state index in [-0.39, 0.29) is 0 Å². The molecule has 2 aliphatic rings. The van der Waals surface area contributed by atoms with Gasteiger partial charge in [0.1, 0.15) is 5.75 Å². The number of hydrogen-bond donors (Lipinski definition) is 0. The number of fused-ring (bicyclic) bond motifs is 3. The van der Waals surface area contributed by atoms with Gasteiger partial charge in [0.15, 0.2) is 0 Å². The zero-order valence-corrected chi connectivity index (χ0v) is 13.4. The highest BCUT2D eigenvalue weighted by molar-refractivity contribution is 9.10. The molecule has 3 nitrogen and oxygen atoms in total. The molecule has 0 saturated carbocycles. The fourth-order valence-corrected chi connectivity index (χ4v) is 3.38. The Morgan fingerprint density at radius 2 is 2.00 bits per heavy atom. The van der Waals surface area contributed by atoms with Crippen LogP contribution in [0.3, 0.4) is 0 Å². The van der Waals surface area contributed by atoms with Gasteiger partial charge in [-0.25, -0.2) is 0 Å². The molecule has 21 heavy (non-hydrogen) atoms. The van der Waals surface area contributed by atoms with Crippen molar-refractivity contribution in [3.63, 3.8) is 0 Å². The van der Waals surface area contributed by atoms with Crippen LogP contribution in [0.2, 0.25) is 5.02 Å². The molecule has 1 unspecified atom stereocenters. The average molecular weight is 364 g/mol. The molecule has 5 heteroatoms. The van der Waals surface area contributed by atoms with Crippen molar-refractivity contribution in [2.24, 2.45) is 11.0 Å². The van der Waals surface area contributed by atoms with Crippen LogP contribution in [-0.2, 0) is 0 Å². The molecule has 0 N–H and O–H groups in total. The van der Waals surface area contributed by atoms with Gasteiger partial charge in [-0.15, -0.1) is 0 Å². The van der Waals surface area contributed by atoms with Gasteiger partial charge in [-0.05, 0) is 52.3 Å². The summed E-state index contributed by atoms with van der Waals surface area (Å²) < 4.78 is 6.87. The van der Waals surface area contributed by atoms with Crippen LogP contribution in [-0.4, -0.2) is 18.9 Å². The van der Waals surface area contributed by atoms with Crippen LogP contribution in [0, 0.1) is 5.92 Å². The van der Waals surface area contributed by atoms with Gasteiger partial charge in [-0.2, -0.15) is 5.10 Å². The van der Waals surface area contributed by atoms with Crippen LogP contribution in [0.4, 0.5) is 5.69 Å². The second kappa shape index (κ2) is 5.04. The number of hydrazone groups is 1. The van der Waals surface area contributed by atoms with Crippen molar-refractivity contribution in [1.29, 1.82) is 0 Å². The molecule has 4 rings (SSSR count). The molecule has 0 saturated heterocycles. The van der Waals surface area contributed by atoms with E-state index in [0.29, 0.717) is 12.5 Å². The Labute approximate surface area is 136 Å². The predicted molar refractivity (Wildman–Crippen MR) is 88.5 cm³/mol. The molecule has 2 aromatic carbocycles. The number of halogens is 2. The quantitative estimate of drug-likeness (QED) is 0.753. The molecule has 0 spiro atoms. The van der Waals surface area contributed by atoms with Gasteiger partial charge in [-0.3, -0.25) is 5.01 Å². The van der Waals surface area contributed by atoms with E-state index in [1.54, 1.807) is 0 Å². The van der Waals surface area contributed by atoms with Crippen LogP contribution in [0.25, 0.3) is 0 Å². The van der Waals surface area contributed by atoms with Crippen molar-refractivity contribution in [2.45, 2.75) is 0 Å². The maximum Gasteiger partial charge on any atom is 0.142 e. The fraction of sp³-hybridized carbons (Fsp3) is 0.188. The van der Waals surface area contributed by atoms with Crippen LogP contribution in [0.15, 0.2) is 52.0 Å². The molecule has 0 aromatic heterocycles. The molecule has 0 bridgehead atoms. The third kappa shape index (κ3) is 2.23. The third-order valence-corrected chi connectivity index (χ3v) is 4.68. The van der Waals surface area contributed by atoms with E-state index in [2.05, 4.69) is 22.0 Å². The molecule has 106 valence electrons. The largest absolute Gasteiger partial charge is 0.491 e. The monoisotopic (exact) mass is 362 g/mol. The van der Waals surface area contributed by atoms with E-state index < -0.39 is 0 Å². The Balaban J connectivity index is 1.74. The highest BCUT2D eigenvalue weighted by Gasteiger charge is 2.34. The summed E-state index contributed by atoms with van der Waals surface area (Å²) in [5.74, 6) is 1.20. The Kier molecular flexibility index (Phi) is 3.16. The number of anilines is 1. The molecule has 0 amide bonds. The fourth-order valence-electron chi connectivity index (χ4n) is 2.77. The Morgan fingerprint density at radius 1 is 1.19 bits per heavy atom. The van der Waals surface area contributed by atoms with Gasteiger partial charge in [0, 0.05) is 10.6 Å². The summed E-state index contributed by atoms with van der Waals surface area (Å²) in [4.78, 5) is 0. The van der Waals surface area contributed by atoms with E-state index in [9.17, 15) is 0 Å². The molecule has 0 fully saturated rings. The smallest absolute Gasteiger partial charge is 0.142 e. The van der Waals surface area contributed by atoms with Gasteiger partial charge in [0.05, 0.1) is 34.9 Å². The topological polar surface area (TPSA) is 24.8 Å². The maximum atomic E-state index is 5.95. The summed E-state index contributed by atoms with van der Waals surface area (Å²) in [6.07, 6.45) is 0. The first-order valence-electron chi connectivity index (χ1n) is 6.75. The molecule has 2 heterocycles. The number of nitrogens with zero attached hydrogens (tertiary/aromatic N) is 2. The third-order valence-electron chi connectivity index (χ3n) is 3.80. The maximum absolute atomic E-state index is 5.95. The second-order valence-corrected chi connectivity index (χ2v) is 6.46. The second-order valence-electron chi connectivity index (χ2n) is 5.17. The minimum atomic E-state index is 0.308. The van der Waals surface area contributed by atoms with Crippen LogP contribution in [0.1, 0.15) is 5.56 Å². The first kappa shape index (κ1) is 13.2. The van der Waals surface area contributed by atoms with Crippen molar-refractivity contribution < 1.29 is 4.74 Å². The predicted octanol–water partition coefficient (Wildman–Crippen LogP) is 4.34. The number of ether oxygens (including phenoxy) is 1. The van der Waals surface area contributed by atoms with Crippen molar-refractivity contribution in [3.8, 4) is 5.75 Å². The molecule has 1 atom stereocenters. The van der Waals surface area contributed by atoms with Crippen molar-refractivity contribution in [1.82, 2.24) is 0 Å². The lowest BCUT2D eigenvalue weighted by molar-refractivity contribution is 0.278. The molecule has 0 radical (unpaired) electrons. The number of hydrogen-bond acceptors (Lipinski definition) is 3. The lowest BCUT2D eigenvalue weighted by atomic mass is 9.95. The lowest BCUT2D eigenvalue weighted by Gasteiger charge is -2.23. The Morgan fingerprint density at radius 3 is 2.81 bits per heavy atom.